The topological polar surface area (TPSA) is 89.6 Å². The molecule has 0 aliphatic carbocycles. The number of carboxylic acids is 1. The largest absolute Gasteiger partial charge is 0.490 e. The number of ether oxygens (including phenoxy) is 1. The van der Waals surface area contributed by atoms with E-state index in [-0.39, 0.29) is 28.0 Å². The maximum Gasteiger partial charge on any atom is 0.339 e. The zero-order valence-electron chi connectivity index (χ0n) is 9.44. The fraction of sp³-hybridized carbons (Fsp3) is 0.273. The van der Waals surface area contributed by atoms with E-state index in [2.05, 4.69) is 0 Å². The molecular weight excluding hydrogens is 281 g/mol. The second kappa shape index (κ2) is 5.93. The normalized spacial score (nSPS) is 11.9. The number of aromatic carboxylic acids is 1. The lowest BCUT2D eigenvalue weighted by atomic mass is 10.2. The van der Waals surface area contributed by atoms with Crippen LogP contribution in [0, 0.1) is 5.92 Å². The molecule has 1 atom stereocenters. The Morgan fingerprint density at radius 1 is 1.44 bits per heavy atom. The van der Waals surface area contributed by atoms with Crippen molar-refractivity contribution in [1.82, 2.24) is 0 Å². The minimum absolute atomic E-state index is 0.0262. The van der Waals surface area contributed by atoms with Crippen LogP contribution in [0.2, 0.25) is 10.0 Å². The molecule has 0 spiro atoms. The van der Waals surface area contributed by atoms with Gasteiger partial charge < -0.3 is 15.6 Å². The van der Waals surface area contributed by atoms with Gasteiger partial charge in [0.05, 0.1) is 17.5 Å². The Hall–Kier alpha value is -1.46. The number of carboxylic acid groups (broad SMARTS) is 1. The molecule has 0 fully saturated rings. The molecule has 0 aromatic heterocycles. The molecule has 5 nitrogen and oxygen atoms in total. The molecule has 0 saturated carbocycles. The number of nitrogens with two attached hydrogens (primary N) is 1. The summed E-state index contributed by atoms with van der Waals surface area (Å²) in [6.07, 6.45) is 0. The summed E-state index contributed by atoms with van der Waals surface area (Å²) < 4.78 is 5.24. The van der Waals surface area contributed by atoms with Crippen LogP contribution in [0.4, 0.5) is 0 Å². The van der Waals surface area contributed by atoms with Gasteiger partial charge in [0.25, 0.3) is 0 Å². The standard InChI is InChI=1S/C11H11Cl2NO4/c1-5(10(14)15)4-18-9-7(11(16)17)2-6(12)3-8(9)13/h2-3,5H,4H2,1H3,(H2,14,15)(H,16,17). The Labute approximate surface area is 113 Å². The zero-order chi connectivity index (χ0) is 13.9. The van der Waals surface area contributed by atoms with Crippen molar-refractivity contribution >= 4 is 35.1 Å². The third-order valence-electron chi connectivity index (χ3n) is 2.20. The van der Waals surface area contributed by atoms with Crippen LogP contribution >= 0.6 is 23.2 Å². The smallest absolute Gasteiger partial charge is 0.339 e. The average molecular weight is 292 g/mol. The van der Waals surface area contributed by atoms with Crippen LogP contribution in [0.5, 0.6) is 5.75 Å². The summed E-state index contributed by atoms with van der Waals surface area (Å²) in [6.45, 7) is 1.50. The van der Waals surface area contributed by atoms with Gasteiger partial charge in [-0.2, -0.15) is 0 Å². The summed E-state index contributed by atoms with van der Waals surface area (Å²) in [4.78, 5) is 21.9. The maximum absolute atomic E-state index is 11.0. The van der Waals surface area contributed by atoms with Crippen LogP contribution in [-0.4, -0.2) is 23.6 Å². The molecule has 0 aliphatic heterocycles. The first-order valence-corrected chi connectivity index (χ1v) is 5.73. The molecule has 1 unspecified atom stereocenters. The van der Waals surface area contributed by atoms with Crippen LogP contribution < -0.4 is 10.5 Å². The molecule has 1 aromatic carbocycles. The lowest BCUT2D eigenvalue weighted by Crippen LogP contribution is -2.26. The van der Waals surface area contributed by atoms with Gasteiger partial charge in [0.15, 0.2) is 5.75 Å². The zero-order valence-corrected chi connectivity index (χ0v) is 11.0. The minimum Gasteiger partial charge on any atom is -0.490 e. The highest BCUT2D eigenvalue weighted by Gasteiger charge is 2.18. The molecule has 0 bridgehead atoms. The predicted molar refractivity (Wildman–Crippen MR) is 67.3 cm³/mol. The van der Waals surface area contributed by atoms with E-state index in [4.69, 9.17) is 38.8 Å². The highest BCUT2D eigenvalue weighted by Crippen LogP contribution is 2.32. The highest BCUT2D eigenvalue weighted by atomic mass is 35.5. The molecule has 3 N–H and O–H groups in total. The van der Waals surface area contributed by atoms with E-state index >= 15 is 0 Å². The molecule has 7 heteroatoms. The lowest BCUT2D eigenvalue weighted by molar-refractivity contribution is -0.122. The van der Waals surface area contributed by atoms with Gasteiger partial charge in [0.2, 0.25) is 5.91 Å². The first kappa shape index (κ1) is 14.6. The third kappa shape index (κ3) is 3.51. The minimum atomic E-state index is -1.22. The van der Waals surface area contributed by atoms with Crippen LogP contribution in [-0.2, 0) is 4.79 Å². The molecule has 1 rings (SSSR count). The molecule has 0 heterocycles. The fourth-order valence-electron chi connectivity index (χ4n) is 1.16. The van der Waals surface area contributed by atoms with Gasteiger partial charge in [-0.3, -0.25) is 4.79 Å². The van der Waals surface area contributed by atoms with Crippen molar-refractivity contribution in [2.24, 2.45) is 11.7 Å². The summed E-state index contributed by atoms with van der Waals surface area (Å²) in [7, 11) is 0. The summed E-state index contributed by atoms with van der Waals surface area (Å²) in [5.41, 5.74) is 4.91. The molecule has 0 saturated heterocycles. The van der Waals surface area contributed by atoms with E-state index in [1.54, 1.807) is 6.92 Å². The van der Waals surface area contributed by atoms with E-state index in [1.807, 2.05) is 0 Å². The molecule has 1 amide bonds. The number of amides is 1. The van der Waals surface area contributed by atoms with Crippen molar-refractivity contribution in [3.8, 4) is 5.75 Å². The molecule has 0 radical (unpaired) electrons. The summed E-state index contributed by atoms with van der Waals surface area (Å²) >= 11 is 11.6. The van der Waals surface area contributed by atoms with E-state index in [1.165, 1.54) is 12.1 Å². The van der Waals surface area contributed by atoms with Crippen molar-refractivity contribution in [3.05, 3.63) is 27.7 Å². The Morgan fingerprint density at radius 3 is 2.56 bits per heavy atom. The number of halogens is 2. The van der Waals surface area contributed by atoms with Crippen molar-refractivity contribution in [3.63, 3.8) is 0 Å². The van der Waals surface area contributed by atoms with Crippen molar-refractivity contribution in [2.45, 2.75) is 6.92 Å². The molecular formula is C11H11Cl2NO4. The lowest BCUT2D eigenvalue weighted by Gasteiger charge is -2.13. The SMILES string of the molecule is CC(COc1c(Cl)cc(Cl)cc1C(=O)O)C(N)=O. The molecule has 98 valence electrons. The number of carbonyl (C=O) groups is 2. The van der Waals surface area contributed by atoms with Crippen LogP contribution in [0.15, 0.2) is 12.1 Å². The number of hydrogen-bond donors (Lipinski definition) is 2. The Kier molecular flexibility index (Phi) is 4.81. The first-order valence-electron chi connectivity index (χ1n) is 4.97. The van der Waals surface area contributed by atoms with Crippen LogP contribution in [0.25, 0.3) is 0 Å². The van der Waals surface area contributed by atoms with Gasteiger partial charge >= 0.3 is 5.97 Å². The average Bonchev–Trinajstić information content (AvgIpc) is 2.26. The number of benzene rings is 1. The van der Waals surface area contributed by atoms with Gasteiger partial charge in [-0.05, 0) is 12.1 Å². The maximum atomic E-state index is 11.0. The van der Waals surface area contributed by atoms with Gasteiger partial charge in [0.1, 0.15) is 5.56 Å². The second-order valence-corrected chi connectivity index (χ2v) is 4.53. The van der Waals surface area contributed by atoms with Crippen LogP contribution in [0.3, 0.4) is 0 Å². The predicted octanol–water partition coefficient (Wildman–Crippen LogP) is 2.19. The number of rotatable bonds is 5. The van der Waals surface area contributed by atoms with Crippen molar-refractivity contribution in [2.75, 3.05) is 6.61 Å². The van der Waals surface area contributed by atoms with E-state index in [9.17, 15) is 9.59 Å². The van der Waals surface area contributed by atoms with Crippen molar-refractivity contribution < 1.29 is 19.4 Å². The third-order valence-corrected chi connectivity index (χ3v) is 2.70. The molecule has 1 aromatic rings. The van der Waals surface area contributed by atoms with Crippen LogP contribution in [0.1, 0.15) is 17.3 Å². The molecule has 18 heavy (non-hydrogen) atoms. The Morgan fingerprint density at radius 2 is 2.06 bits per heavy atom. The summed E-state index contributed by atoms with van der Waals surface area (Å²) in [5, 5.41) is 9.25. The number of primary amides is 1. The van der Waals surface area contributed by atoms with E-state index in [0.29, 0.717) is 0 Å². The number of hydrogen-bond acceptors (Lipinski definition) is 3. The summed E-state index contributed by atoms with van der Waals surface area (Å²) in [5.74, 6) is -2.35. The monoisotopic (exact) mass is 291 g/mol. The molecule has 0 aliphatic rings. The van der Waals surface area contributed by atoms with Gasteiger partial charge in [0, 0.05) is 5.02 Å². The summed E-state index contributed by atoms with van der Waals surface area (Å²) in [6, 6.07) is 2.58. The van der Waals surface area contributed by atoms with Gasteiger partial charge in [-0.25, -0.2) is 4.79 Å². The van der Waals surface area contributed by atoms with Gasteiger partial charge in [-0.15, -0.1) is 0 Å². The Bertz CT molecular complexity index is 490. The highest BCUT2D eigenvalue weighted by molar-refractivity contribution is 6.36. The van der Waals surface area contributed by atoms with E-state index in [0.717, 1.165) is 0 Å². The van der Waals surface area contributed by atoms with Gasteiger partial charge in [-0.1, -0.05) is 30.1 Å². The second-order valence-electron chi connectivity index (χ2n) is 3.68. The first-order chi connectivity index (χ1) is 8.32. The van der Waals surface area contributed by atoms with Crippen molar-refractivity contribution in [1.29, 1.82) is 0 Å². The number of carbonyl (C=O) groups excluding carboxylic acids is 1. The fourth-order valence-corrected chi connectivity index (χ4v) is 1.70. The Balaban J connectivity index is 3.00. The quantitative estimate of drug-likeness (QED) is 0.870. The van der Waals surface area contributed by atoms with E-state index < -0.39 is 17.8 Å².